The number of ether oxygens (including phenoxy) is 1. The van der Waals surface area contributed by atoms with Gasteiger partial charge >= 0.3 is 5.97 Å². The van der Waals surface area contributed by atoms with Gasteiger partial charge in [0, 0.05) is 12.5 Å². The molecule has 0 radical (unpaired) electrons. The monoisotopic (exact) mass is 339 g/mol. The Kier molecular flexibility index (Phi) is 7.41. The lowest BCUT2D eigenvalue weighted by molar-refractivity contribution is -0.135. The van der Waals surface area contributed by atoms with Gasteiger partial charge in [-0.25, -0.2) is 13.2 Å². The minimum Gasteiger partial charge on any atom is -0.420 e. The highest BCUT2D eigenvalue weighted by Crippen LogP contribution is 2.29. The van der Waals surface area contributed by atoms with Crippen LogP contribution in [-0.4, -0.2) is 18.6 Å². The maximum absolute atomic E-state index is 13.3. The summed E-state index contributed by atoms with van der Waals surface area (Å²) in [5.74, 6) is -13.5. The van der Waals surface area contributed by atoms with Crippen LogP contribution in [0.25, 0.3) is 0 Å². The molecule has 0 aliphatic rings. The summed E-state index contributed by atoms with van der Waals surface area (Å²) < 4.78 is 69.7. The van der Waals surface area contributed by atoms with Crippen LogP contribution in [0.4, 0.5) is 22.0 Å². The summed E-state index contributed by atoms with van der Waals surface area (Å²) in [6, 6.07) is 0.342. The van der Waals surface area contributed by atoms with E-state index in [1.807, 2.05) is 13.8 Å². The van der Waals surface area contributed by atoms with E-state index >= 15 is 0 Å². The predicted molar refractivity (Wildman–Crippen MR) is 73.5 cm³/mol. The first kappa shape index (κ1) is 19.3. The average molecular weight is 339 g/mol. The lowest BCUT2D eigenvalue weighted by atomic mass is 10.2. The molecule has 0 saturated heterocycles. The van der Waals surface area contributed by atoms with E-state index < -0.39 is 40.8 Å². The summed E-state index contributed by atoms with van der Waals surface area (Å²) in [5, 5.41) is 3.17. The third-order valence-electron chi connectivity index (χ3n) is 3.00. The zero-order valence-corrected chi connectivity index (χ0v) is 12.8. The van der Waals surface area contributed by atoms with E-state index in [4.69, 9.17) is 0 Å². The second-order valence-corrected chi connectivity index (χ2v) is 5.29. The van der Waals surface area contributed by atoms with Crippen LogP contribution >= 0.6 is 0 Å². The first-order valence-corrected chi connectivity index (χ1v) is 7.21. The van der Waals surface area contributed by atoms with Gasteiger partial charge in [0.1, 0.15) is 0 Å². The van der Waals surface area contributed by atoms with E-state index in [0.717, 1.165) is 13.0 Å². The second kappa shape index (κ2) is 8.81. The fraction of sp³-hybridized carbons (Fsp3) is 0.533. The smallest absolute Gasteiger partial charge is 0.311 e. The van der Waals surface area contributed by atoms with Gasteiger partial charge in [-0.1, -0.05) is 20.3 Å². The van der Waals surface area contributed by atoms with E-state index in [-0.39, 0.29) is 6.42 Å². The molecule has 1 rings (SSSR count). The van der Waals surface area contributed by atoms with E-state index in [1.54, 1.807) is 0 Å². The van der Waals surface area contributed by atoms with Crippen molar-refractivity contribution < 1.29 is 31.5 Å². The van der Waals surface area contributed by atoms with Gasteiger partial charge in [0.25, 0.3) is 0 Å². The van der Waals surface area contributed by atoms with Crippen LogP contribution < -0.4 is 10.1 Å². The molecule has 23 heavy (non-hydrogen) atoms. The summed E-state index contributed by atoms with van der Waals surface area (Å²) in [6.45, 7) is 4.73. The summed E-state index contributed by atoms with van der Waals surface area (Å²) in [7, 11) is 0. The molecule has 1 N–H and O–H groups in total. The number of hydrogen-bond donors (Lipinski definition) is 1. The van der Waals surface area contributed by atoms with Crippen molar-refractivity contribution in [1.29, 1.82) is 0 Å². The largest absolute Gasteiger partial charge is 0.420 e. The minimum absolute atomic E-state index is 0.179. The molecule has 1 aromatic rings. The van der Waals surface area contributed by atoms with Crippen molar-refractivity contribution in [1.82, 2.24) is 5.32 Å². The number of carbonyl (C=O) groups excluding carboxylic acids is 1. The number of benzene rings is 1. The maximum Gasteiger partial charge on any atom is 0.311 e. The highest BCUT2D eigenvalue weighted by atomic mass is 19.2. The quantitative estimate of drug-likeness (QED) is 0.195. The number of nitrogens with one attached hydrogen (secondary N) is 1. The number of rotatable bonds is 8. The van der Waals surface area contributed by atoms with Gasteiger partial charge in [-0.3, -0.25) is 4.79 Å². The standard InChI is InChI=1S/C15H18F5NO2/c1-8(2)21-7-5-3-4-6-9(22)23-15-13(19)11(17)10(16)12(18)14(15)20/h8,21H,3-7H2,1-2H3. The van der Waals surface area contributed by atoms with Crippen LogP contribution in [0.1, 0.15) is 39.5 Å². The molecule has 0 aromatic heterocycles. The van der Waals surface area contributed by atoms with E-state index in [0.29, 0.717) is 18.9 Å². The van der Waals surface area contributed by atoms with E-state index in [9.17, 15) is 26.7 Å². The molecule has 0 bridgehead atoms. The Morgan fingerprint density at radius 1 is 0.913 bits per heavy atom. The predicted octanol–water partition coefficient (Wildman–Crippen LogP) is 3.85. The second-order valence-electron chi connectivity index (χ2n) is 5.29. The van der Waals surface area contributed by atoms with Gasteiger partial charge in [0.15, 0.2) is 0 Å². The van der Waals surface area contributed by atoms with Crippen LogP contribution in [0.5, 0.6) is 5.75 Å². The first-order valence-electron chi connectivity index (χ1n) is 7.21. The molecular formula is C15H18F5NO2. The molecule has 0 aliphatic heterocycles. The fourth-order valence-electron chi connectivity index (χ4n) is 1.80. The average Bonchev–Trinajstić information content (AvgIpc) is 2.50. The highest BCUT2D eigenvalue weighted by Gasteiger charge is 2.28. The van der Waals surface area contributed by atoms with Crippen molar-refractivity contribution in [2.24, 2.45) is 0 Å². The number of esters is 1. The summed E-state index contributed by atoms with van der Waals surface area (Å²) in [5.41, 5.74) is 0. The number of halogens is 5. The Morgan fingerprint density at radius 3 is 1.96 bits per heavy atom. The van der Waals surface area contributed by atoms with Crippen molar-refractivity contribution in [3.63, 3.8) is 0 Å². The van der Waals surface area contributed by atoms with Gasteiger partial charge in [-0.2, -0.15) is 8.78 Å². The Balaban J connectivity index is 2.52. The molecule has 0 heterocycles. The molecule has 0 spiro atoms. The molecule has 0 atom stereocenters. The molecule has 0 saturated carbocycles. The molecule has 0 aliphatic carbocycles. The lowest BCUT2D eigenvalue weighted by Crippen LogP contribution is -2.23. The van der Waals surface area contributed by atoms with Crippen LogP contribution in [0, 0.1) is 29.1 Å². The highest BCUT2D eigenvalue weighted by molar-refractivity contribution is 5.72. The van der Waals surface area contributed by atoms with Crippen molar-refractivity contribution in [3.8, 4) is 5.75 Å². The molecule has 8 heteroatoms. The summed E-state index contributed by atoms with van der Waals surface area (Å²) in [6.07, 6.45) is 1.65. The van der Waals surface area contributed by atoms with Crippen LogP contribution in [0.2, 0.25) is 0 Å². The fourth-order valence-corrected chi connectivity index (χ4v) is 1.80. The normalized spacial score (nSPS) is 11.1. The van der Waals surface area contributed by atoms with Crippen molar-refractivity contribution in [2.75, 3.05) is 6.54 Å². The van der Waals surface area contributed by atoms with Crippen LogP contribution in [0.15, 0.2) is 0 Å². The summed E-state index contributed by atoms with van der Waals surface area (Å²) >= 11 is 0. The van der Waals surface area contributed by atoms with Crippen molar-refractivity contribution >= 4 is 5.97 Å². The zero-order chi connectivity index (χ0) is 17.6. The number of carbonyl (C=O) groups is 1. The maximum atomic E-state index is 13.3. The third-order valence-corrected chi connectivity index (χ3v) is 3.00. The Bertz CT molecular complexity index is 534. The van der Waals surface area contributed by atoms with Gasteiger partial charge in [-0.15, -0.1) is 0 Å². The molecule has 3 nitrogen and oxygen atoms in total. The van der Waals surface area contributed by atoms with Crippen LogP contribution in [-0.2, 0) is 4.79 Å². The van der Waals surface area contributed by atoms with Gasteiger partial charge in [0.2, 0.25) is 34.8 Å². The SMILES string of the molecule is CC(C)NCCCCCC(=O)Oc1c(F)c(F)c(F)c(F)c1F. The third kappa shape index (κ3) is 5.46. The molecule has 1 aromatic carbocycles. The first-order chi connectivity index (χ1) is 10.8. The van der Waals surface area contributed by atoms with Crippen molar-refractivity contribution in [3.05, 3.63) is 29.1 Å². The Morgan fingerprint density at radius 2 is 1.43 bits per heavy atom. The molecular weight excluding hydrogens is 321 g/mol. The lowest BCUT2D eigenvalue weighted by Gasteiger charge is -2.09. The van der Waals surface area contributed by atoms with E-state index in [2.05, 4.69) is 10.1 Å². The topological polar surface area (TPSA) is 38.3 Å². The van der Waals surface area contributed by atoms with Gasteiger partial charge in [-0.05, 0) is 19.4 Å². The van der Waals surface area contributed by atoms with Gasteiger partial charge < -0.3 is 10.1 Å². The molecule has 130 valence electrons. The number of hydrogen-bond acceptors (Lipinski definition) is 3. The Hall–Kier alpha value is -1.70. The number of unbranched alkanes of at least 4 members (excludes halogenated alkanes) is 2. The molecule has 0 unspecified atom stereocenters. The minimum atomic E-state index is -2.29. The molecule has 0 amide bonds. The Labute approximate surface area is 130 Å². The van der Waals surface area contributed by atoms with Crippen molar-refractivity contribution in [2.45, 2.75) is 45.6 Å². The zero-order valence-electron chi connectivity index (χ0n) is 12.8. The van der Waals surface area contributed by atoms with Crippen LogP contribution in [0.3, 0.4) is 0 Å². The molecule has 0 fully saturated rings. The van der Waals surface area contributed by atoms with E-state index in [1.165, 1.54) is 0 Å². The van der Waals surface area contributed by atoms with Gasteiger partial charge in [0.05, 0.1) is 0 Å². The summed E-state index contributed by atoms with van der Waals surface area (Å²) in [4.78, 5) is 11.5.